The number of aldehydes is 1. The Balaban J connectivity index is 2.45. The van der Waals surface area contributed by atoms with E-state index in [-0.39, 0.29) is 30.1 Å². The lowest BCUT2D eigenvalue weighted by Gasteiger charge is -2.16. The lowest BCUT2D eigenvalue weighted by atomic mass is 10.2. The number of allylic oxidation sites excluding steroid dienone is 1. The van der Waals surface area contributed by atoms with E-state index in [9.17, 15) is 27.2 Å². The quantitative estimate of drug-likeness (QED) is 0.183. The second-order valence-electron chi connectivity index (χ2n) is 4.88. The molecule has 0 spiro atoms. The van der Waals surface area contributed by atoms with Gasteiger partial charge < -0.3 is 16.1 Å². The molecule has 1 heterocycles. The van der Waals surface area contributed by atoms with Gasteiger partial charge in [0, 0.05) is 12.6 Å². The van der Waals surface area contributed by atoms with Gasteiger partial charge in [-0.3, -0.25) is 9.59 Å². The van der Waals surface area contributed by atoms with Crippen molar-refractivity contribution < 1.29 is 27.2 Å². The number of nitrogens with two attached hydrogens (primary N) is 2. The SMILES string of the molecule is N/C(C=O)=C\N(N)CC(F)CCc1nnc(C(=O)NCC(F)(F)F)s1. The topological polar surface area (TPSA) is 127 Å². The van der Waals surface area contributed by atoms with Gasteiger partial charge in [-0.05, 0) is 6.42 Å². The van der Waals surface area contributed by atoms with Crippen LogP contribution >= 0.6 is 11.3 Å². The minimum absolute atomic E-state index is 0.0126. The van der Waals surface area contributed by atoms with Gasteiger partial charge in [-0.2, -0.15) is 13.2 Å². The molecule has 13 heteroatoms. The predicted octanol–water partition coefficient (Wildman–Crippen LogP) is 0.276. The third-order valence-electron chi connectivity index (χ3n) is 2.64. The number of nitrogens with one attached hydrogen (secondary N) is 1. The highest BCUT2D eigenvalue weighted by Crippen LogP contribution is 2.16. The van der Waals surface area contributed by atoms with E-state index in [0.717, 1.165) is 22.5 Å². The first-order valence-corrected chi connectivity index (χ1v) is 7.67. The maximum atomic E-state index is 13.8. The number of nitrogens with zero attached hydrogens (tertiary/aromatic N) is 3. The van der Waals surface area contributed by atoms with Gasteiger partial charge >= 0.3 is 6.18 Å². The van der Waals surface area contributed by atoms with Crippen LogP contribution in [0.1, 0.15) is 21.2 Å². The maximum absolute atomic E-state index is 13.8. The summed E-state index contributed by atoms with van der Waals surface area (Å²) in [5, 5.41) is 9.75. The molecular formula is C12H16F4N6O2S. The summed E-state index contributed by atoms with van der Waals surface area (Å²) in [6.07, 6.45) is -4.37. The van der Waals surface area contributed by atoms with Gasteiger partial charge in [-0.25, -0.2) is 10.2 Å². The van der Waals surface area contributed by atoms with E-state index in [1.807, 2.05) is 0 Å². The van der Waals surface area contributed by atoms with Crippen LogP contribution in [0.3, 0.4) is 0 Å². The molecule has 5 N–H and O–H groups in total. The third kappa shape index (κ3) is 8.39. The van der Waals surface area contributed by atoms with Crippen molar-refractivity contribution >= 4 is 23.5 Å². The zero-order chi connectivity index (χ0) is 19.0. The van der Waals surface area contributed by atoms with E-state index in [2.05, 4.69) is 10.2 Å². The van der Waals surface area contributed by atoms with Crippen LogP contribution in [-0.4, -0.2) is 52.8 Å². The average Bonchev–Trinajstić information content (AvgIpc) is 2.98. The van der Waals surface area contributed by atoms with Gasteiger partial charge in [-0.15, -0.1) is 10.2 Å². The van der Waals surface area contributed by atoms with Crippen molar-refractivity contribution in [2.75, 3.05) is 13.1 Å². The molecule has 25 heavy (non-hydrogen) atoms. The van der Waals surface area contributed by atoms with E-state index in [0.29, 0.717) is 11.3 Å². The van der Waals surface area contributed by atoms with Crippen molar-refractivity contribution in [2.24, 2.45) is 11.6 Å². The first kappa shape index (κ1) is 20.8. The smallest absolute Gasteiger partial charge is 0.395 e. The fourth-order valence-corrected chi connectivity index (χ4v) is 2.35. The Morgan fingerprint density at radius 1 is 1.40 bits per heavy atom. The number of aryl methyl sites for hydroxylation is 1. The van der Waals surface area contributed by atoms with Crippen molar-refractivity contribution in [1.29, 1.82) is 0 Å². The number of hydrogen-bond acceptors (Lipinski definition) is 8. The first-order valence-electron chi connectivity index (χ1n) is 6.86. The highest BCUT2D eigenvalue weighted by molar-refractivity contribution is 7.13. The number of halogens is 4. The highest BCUT2D eigenvalue weighted by Gasteiger charge is 2.28. The molecule has 0 bridgehead atoms. The normalized spacial score (nSPS) is 13.4. The molecule has 0 aliphatic heterocycles. The number of alkyl halides is 4. The Bertz CT molecular complexity index is 621. The van der Waals surface area contributed by atoms with Gasteiger partial charge in [0.15, 0.2) is 6.29 Å². The summed E-state index contributed by atoms with van der Waals surface area (Å²) in [6, 6.07) is 0. The minimum atomic E-state index is -4.53. The molecule has 1 atom stereocenters. The fourth-order valence-electron chi connectivity index (χ4n) is 1.58. The third-order valence-corrected chi connectivity index (χ3v) is 3.62. The molecule has 1 unspecified atom stereocenters. The Morgan fingerprint density at radius 2 is 2.08 bits per heavy atom. The number of amides is 1. The fraction of sp³-hybridized carbons (Fsp3) is 0.500. The summed E-state index contributed by atoms with van der Waals surface area (Å²) in [5.41, 5.74) is 5.06. The van der Waals surface area contributed by atoms with Gasteiger partial charge in [0.25, 0.3) is 5.91 Å². The van der Waals surface area contributed by atoms with E-state index >= 15 is 0 Å². The monoisotopic (exact) mass is 384 g/mol. The van der Waals surface area contributed by atoms with Crippen LogP contribution < -0.4 is 16.9 Å². The number of carbonyl (C=O) groups excluding carboxylic acids is 2. The number of carbonyl (C=O) groups is 2. The summed E-state index contributed by atoms with van der Waals surface area (Å²) < 4.78 is 49.8. The summed E-state index contributed by atoms with van der Waals surface area (Å²) >= 11 is 0.775. The molecule has 0 aliphatic rings. The lowest BCUT2D eigenvalue weighted by molar-refractivity contribution is -0.123. The van der Waals surface area contributed by atoms with Crippen molar-refractivity contribution in [3.05, 3.63) is 21.9 Å². The molecule has 1 aromatic rings. The molecule has 0 aromatic carbocycles. The van der Waals surface area contributed by atoms with Crippen molar-refractivity contribution in [3.8, 4) is 0 Å². The Morgan fingerprint density at radius 3 is 2.68 bits per heavy atom. The Labute approximate surface area is 143 Å². The van der Waals surface area contributed by atoms with E-state index < -0.39 is 24.8 Å². The van der Waals surface area contributed by atoms with Crippen LogP contribution in [0, 0.1) is 0 Å². The standard InChI is InChI=1S/C12H16F4N6O2S/c13-7(3-22(18)4-8(17)5-23)1-2-9-20-21-11(25-9)10(24)19-6-12(14,15)16/h4-5,7H,1-3,6,17-18H2,(H,19,24)/b8-4-. The van der Waals surface area contributed by atoms with Gasteiger partial charge in [0.2, 0.25) is 5.01 Å². The summed E-state index contributed by atoms with van der Waals surface area (Å²) in [5.74, 6) is 4.44. The van der Waals surface area contributed by atoms with Gasteiger partial charge in [-0.1, -0.05) is 11.3 Å². The predicted molar refractivity (Wildman–Crippen MR) is 80.7 cm³/mol. The van der Waals surface area contributed by atoms with Crippen LogP contribution in [0.15, 0.2) is 11.9 Å². The number of hydrazine groups is 1. The van der Waals surface area contributed by atoms with Crippen LogP contribution in [-0.2, 0) is 11.2 Å². The lowest BCUT2D eigenvalue weighted by Crippen LogP contribution is -2.33. The second kappa shape index (κ2) is 9.27. The molecule has 0 aliphatic carbocycles. The number of hydrogen-bond donors (Lipinski definition) is 3. The molecule has 1 rings (SSSR count). The summed E-state index contributed by atoms with van der Waals surface area (Å²) in [7, 11) is 0. The van der Waals surface area contributed by atoms with Crippen LogP contribution in [0.4, 0.5) is 17.6 Å². The summed E-state index contributed by atoms with van der Waals surface area (Å²) in [6.45, 7) is -1.71. The van der Waals surface area contributed by atoms with Crippen molar-refractivity contribution in [3.63, 3.8) is 0 Å². The van der Waals surface area contributed by atoms with E-state index in [4.69, 9.17) is 11.6 Å². The second-order valence-corrected chi connectivity index (χ2v) is 5.94. The number of rotatable bonds is 9. The largest absolute Gasteiger partial charge is 0.405 e. The summed E-state index contributed by atoms with van der Waals surface area (Å²) in [4.78, 5) is 21.8. The van der Waals surface area contributed by atoms with Crippen LogP contribution in [0.25, 0.3) is 0 Å². The molecular weight excluding hydrogens is 368 g/mol. The Kier molecular flexibility index (Phi) is 7.70. The zero-order valence-electron chi connectivity index (χ0n) is 12.8. The van der Waals surface area contributed by atoms with Gasteiger partial charge in [0.05, 0.1) is 12.2 Å². The zero-order valence-corrected chi connectivity index (χ0v) is 13.6. The average molecular weight is 384 g/mol. The molecule has 140 valence electrons. The molecule has 8 nitrogen and oxygen atoms in total. The molecule has 0 saturated heterocycles. The number of aromatic nitrogens is 2. The minimum Gasteiger partial charge on any atom is -0.395 e. The highest BCUT2D eigenvalue weighted by atomic mass is 32.1. The van der Waals surface area contributed by atoms with E-state index in [1.54, 1.807) is 5.32 Å². The van der Waals surface area contributed by atoms with Crippen LogP contribution in [0.5, 0.6) is 0 Å². The molecule has 0 saturated carbocycles. The molecule has 1 amide bonds. The first-order chi connectivity index (χ1) is 11.6. The maximum Gasteiger partial charge on any atom is 0.405 e. The van der Waals surface area contributed by atoms with Crippen molar-refractivity contribution in [1.82, 2.24) is 20.5 Å². The van der Waals surface area contributed by atoms with Gasteiger partial charge in [0.1, 0.15) is 17.7 Å². The molecule has 0 radical (unpaired) electrons. The molecule has 1 aromatic heterocycles. The van der Waals surface area contributed by atoms with E-state index in [1.165, 1.54) is 0 Å². The Hall–Kier alpha value is -2.28. The van der Waals surface area contributed by atoms with Crippen LogP contribution in [0.2, 0.25) is 0 Å². The van der Waals surface area contributed by atoms with Crippen molar-refractivity contribution in [2.45, 2.75) is 25.2 Å². The molecule has 0 fully saturated rings.